The van der Waals surface area contributed by atoms with Crippen LogP contribution >= 0.6 is 0 Å². The van der Waals surface area contributed by atoms with E-state index in [9.17, 15) is 18.4 Å². The van der Waals surface area contributed by atoms with Crippen LogP contribution in [0.1, 0.15) is 62.8 Å². The lowest BCUT2D eigenvalue weighted by atomic mass is 9.93. The quantitative estimate of drug-likeness (QED) is 0.252. The molecule has 0 spiro atoms. The van der Waals surface area contributed by atoms with E-state index in [0.29, 0.717) is 48.4 Å². The lowest BCUT2D eigenvalue weighted by molar-refractivity contribution is -0.118. The van der Waals surface area contributed by atoms with Gasteiger partial charge in [0, 0.05) is 66.8 Å². The first-order valence-electron chi connectivity index (χ1n) is 14.8. The maximum atomic E-state index is 14.3. The van der Waals surface area contributed by atoms with E-state index in [1.165, 1.54) is 29.4 Å². The van der Waals surface area contributed by atoms with Crippen molar-refractivity contribution in [3.05, 3.63) is 113 Å². The highest BCUT2D eigenvalue weighted by Crippen LogP contribution is 2.34. The molecule has 2 fully saturated rings. The summed E-state index contributed by atoms with van der Waals surface area (Å²) in [5, 5.41) is 0. The zero-order valence-corrected chi connectivity index (χ0v) is 26.1. The Morgan fingerprint density at radius 3 is 1.80 bits per heavy atom. The highest BCUT2D eigenvalue weighted by atomic mass is 19.1. The summed E-state index contributed by atoms with van der Waals surface area (Å²) >= 11 is 0. The maximum Gasteiger partial charge on any atom is 0.228 e. The number of hydrogen-bond acceptors (Lipinski definition) is 5. The Kier molecular flexibility index (Phi) is 9.25. The Labute approximate surface area is 267 Å². The number of amides is 2. The average Bonchev–Trinajstić information content (AvgIpc) is 3.46. The average molecular weight is 618 g/mol. The molecule has 2 aliphatic heterocycles. The predicted octanol–water partition coefficient (Wildman–Crippen LogP) is 6.16. The van der Waals surface area contributed by atoms with Crippen molar-refractivity contribution in [3.8, 4) is 23.7 Å². The van der Waals surface area contributed by atoms with Crippen molar-refractivity contribution in [3.63, 3.8) is 0 Å². The van der Waals surface area contributed by atoms with E-state index in [1.807, 2.05) is 44.2 Å². The van der Waals surface area contributed by atoms with Gasteiger partial charge in [-0.15, -0.1) is 0 Å². The monoisotopic (exact) mass is 617 g/mol. The van der Waals surface area contributed by atoms with Crippen molar-refractivity contribution in [2.45, 2.75) is 40.5 Å². The van der Waals surface area contributed by atoms with Crippen molar-refractivity contribution in [1.29, 1.82) is 0 Å². The van der Waals surface area contributed by atoms with E-state index < -0.39 is 11.6 Å². The number of anilines is 2. The van der Waals surface area contributed by atoms with Gasteiger partial charge in [-0.05, 0) is 47.2 Å². The van der Waals surface area contributed by atoms with E-state index in [4.69, 9.17) is 0 Å². The Morgan fingerprint density at radius 2 is 1.24 bits per heavy atom. The summed E-state index contributed by atoms with van der Waals surface area (Å²) in [7, 11) is 0. The van der Waals surface area contributed by atoms with Gasteiger partial charge in [-0.2, -0.15) is 0 Å². The van der Waals surface area contributed by atoms with E-state index in [1.54, 1.807) is 23.2 Å². The van der Waals surface area contributed by atoms with Gasteiger partial charge in [0.15, 0.2) is 11.6 Å². The minimum atomic E-state index is -0.518. The highest BCUT2D eigenvalue weighted by molar-refractivity contribution is 5.96. The van der Waals surface area contributed by atoms with Gasteiger partial charge in [0.25, 0.3) is 0 Å². The van der Waals surface area contributed by atoms with Gasteiger partial charge in [0.05, 0.1) is 6.20 Å². The van der Waals surface area contributed by atoms with Gasteiger partial charge >= 0.3 is 0 Å². The molecule has 0 radical (unpaired) electrons. The molecular weight excluding hydrogens is 584 g/mol. The second-order valence-electron chi connectivity index (χ2n) is 12.8. The Morgan fingerprint density at radius 1 is 0.652 bits per heavy atom. The Balaban J connectivity index is 0.000000181. The van der Waals surface area contributed by atoms with Crippen molar-refractivity contribution in [2.75, 3.05) is 22.9 Å². The molecule has 2 saturated heterocycles. The van der Waals surface area contributed by atoms with Crippen LogP contribution in [0.4, 0.5) is 20.4 Å². The van der Waals surface area contributed by atoms with Crippen LogP contribution in [0.3, 0.4) is 0 Å². The largest absolute Gasteiger partial charge is 0.296 e. The van der Waals surface area contributed by atoms with E-state index in [2.05, 4.69) is 52.5 Å². The molecule has 9 heteroatoms. The number of pyridine rings is 3. The number of rotatable bonds is 2. The third-order valence-electron chi connectivity index (χ3n) is 7.32. The van der Waals surface area contributed by atoms with E-state index in [0.717, 1.165) is 11.8 Å². The summed E-state index contributed by atoms with van der Waals surface area (Å²) in [5.74, 6) is 11.4. The van der Waals surface area contributed by atoms with Crippen LogP contribution < -0.4 is 9.80 Å². The van der Waals surface area contributed by atoms with E-state index in [-0.39, 0.29) is 28.5 Å². The van der Waals surface area contributed by atoms with Gasteiger partial charge in [0.2, 0.25) is 11.8 Å². The summed E-state index contributed by atoms with van der Waals surface area (Å²) in [6.45, 7) is 9.25. The topological polar surface area (TPSA) is 79.3 Å². The molecule has 3 aromatic heterocycles. The fourth-order valence-corrected chi connectivity index (χ4v) is 5.16. The number of aromatic nitrogens is 3. The second kappa shape index (κ2) is 13.3. The van der Waals surface area contributed by atoms with Crippen LogP contribution in [0.25, 0.3) is 0 Å². The van der Waals surface area contributed by atoms with Crippen molar-refractivity contribution in [1.82, 2.24) is 15.0 Å². The zero-order valence-electron chi connectivity index (χ0n) is 26.1. The van der Waals surface area contributed by atoms with Gasteiger partial charge in [-0.3, -0.25) is 24.4 Å². The van der Waals surface area contributed by atoms with Crippen LogP contribution in [-0.4, -0.2) is 39.9 Å². The molecule has 0 saturated carbocycles. The van der Waals surface area contributed by atoms with Crippen molar-refractivity contribution in [2.24, 2.45) is 10.8 Å². The van der Waals surface area contributed by atoms with Gasteiger partial charge in [-0.25, -0.2) is 18.7 Å². The molecule has 2 aliphatic rings. The summed E-state index contributed by atoms with van der Waals surface area (Å²) in [6, 6.07) is 15.7. The lowest BCUT2D eigenvalue weighted by Gasteiger charge is -2.19. The minimum Gasteiger partial charge on any atom is -0.296 e. The van der Waals surface area contributed by atoms with E-state index >= 15 is 0 Å². The summed E-state index contributed by atoms with van der Waals surface area (Å²) in [5.41, 5.74) is 2.36. The first-order chi connectivity index (χ1) is 21.9. The summed E-state index contributed by atoms with van der Waals surface area (Å²) in [4.78, 5) is 39.4. The number of carbonyl (C=O) groups is 2. The molecule has 46 heavy (non-hydrogen) atoms. The van der Waals surface area contributed by atoms with Crippen LogP contribution in [-0.2, 0) is 9.59 Å². The number of nitrogens with zero attached hydrogens (tertiary/aromatic N) is 5. The number of carbonyl (C=O) groups excluding carboxylic acids is 2. The molecule has 0 atom stereocenters. The molecule has 4 aromatic rings. The minimum absolute atomic E-state index is 0.0262. The van der Waals surface area contributed by atoms with Crippen molar-refractivity contribution >= 4 is 23.5 Å². The summed E-state index contributed by atoms with van der Waals surface area (Å²) in [6.07, 6.45) is 6.70. The lowest BCUT2D eigenvalue weighted by Crippen LogP contribution is -2.27. The third kappa shape index (κ3) is 8.19. The molecule has 7 nitrogen and oxygen atoms in total. The first kappa shape index (κ1) is 32.0. The number of benzene rings is 1. The normalized spacial score (nSPS) is 16.1. The van der Waals surface area contributed by atoms with Crippen molar-refractivity contribution < 1.29 is 18.4 Å². The SMILES string of the molecule is CC1(C)CC(=O)N(c2ccc(C#Cc3cncc(F)c3)cn2)C1.CC1(C)CC(=O)N(c2ncc(C#Cc3ccccc3)cc2F)C1. The molecule has 1 aromatic carbocycles. The standard InChI is InChI=1S/C19H17FN2O.C18H16FN3O/c1-19(2)11-17(23)22(13-19)18-16(20)10-15(12-21-18)9-8-14-6-4-3-5-7-14;1-18(2)8-17(23)22(12-18)16-6-5-13(10-21-16)3-4-14-7-15(19)11-20-9-14/h3-7,10,12H,11,13H2,1-2H3;5-7,9-11H,8,12H2,1-2H3. The fraction of sp³-hybridized carbons (Fsp3) is 0.270. The van der Waals surface area contributed by atoms with Crippen LogP contribution in [0.2, 0.25) is 0 Å². The van der Waals surface area contributed by atoms with Gasteiger partial charge < -0.3 is 0 Å². The molecular formula is C37H33F2N5O2. The molecule has 0 bridgehead atoms. The molecule has 232 valence electrons. The van der Waals surface area contributed by atoms with Crippen LogP contribution in [0.15, 0.2) is 79.4 Å². The fourth-order valence-electron chi connectivity index (χ4n) is 5.16. The molecule has 0 aliphatic carbocycles. The maximum absolute atomic E-state index is 14.3. The Hall–Kier alpha value is -5.41. The van der Waals surface area contributed by atoms with Gasteiger partial charge in [0.1, 0.15) is 11.6 Å². The van der Waals surface area contributed by atoms with Crippen LogP contribution in [0.5, 0.6) is 0 Å². The highest BCUT2D eigenvalue weighted by Gasteiger charge is 2.38. The van der Waals surface area contributed by atoms with Crippen LogP contribution in [0, 0.1) is 46.1 Å². The second-order valence-corrected chi connectivity index (χ2v) is 12.8. The predicted molar refractivity (Wildman–Crippen MR) is 173 cm³/mol. The molecule has 0 unspecified atom stereocenters. The first-order valence-corrected chi connectivity index (χ1v) is 14.8. The Bertz CT molecular complexity index is 1880. The third-order valence-corrected chi connectivity index (χ3v) is 7.32. The molecule has 0 N–H and O–H groups in total. The molecule has 2 amide bonds. The smallest absolute Gasteiger partial charge is 0.228 e. The number of halogens is 2. The van der Waals surface area contributed by atoms with Gasteiger partial charge in [-0.1, -0.05) is 69.6 Å². The molecule has 6 rings (SSSR count). The number of hydrogen-bond donors (Lipinski definition) is 0. The molecule has 5 heterocycles. The zero-order chi connectivity index (χ0) is 32.9. The summed E-state index contributed by atoms with van der Waals surface area (Å²) < 4.78 is 27.4.